The summed E-state index contributed by atoms with van der Waals surface area (Å²) in [5, 5.41) is 0.547. The first-order valence-corrected chi connectivity index (χ1v) is 7.13. The number of hydrogen-bond acceptors (Lipinski definition) is 0. The summed E-state index contributed by atoms with van der Waals surface area (Å²) in [6.07, 6.45) is 17.4. The standard InChI is InChI=1S/C18H25Cl/c1-6-9-10-13-17(8-3)18(15(4)7-2)14-11-12-16(5)19/h6,8-15H,5,7H2,1-4H3/b9-6+,12-11-,13-10-,17-8+,18-14+. The largest absolute Gasteiger partial charge is 0.0877 e. The quantitative estimate of drug-likeness (QED) is 0.476. The van der Waals surface area contributed by atoms with Crippen LogP contribution in [-0.2, 0) is 0 Å². The Hall–Kier alpha value is -1.27. The number of rotatable bonds is 7. The van der Waals surface area contributed by atoms with Crippen LogP contribution < -0.4 is 0 Å². The molecule has 0 radical (unpaired) electrons. The molecule has 0 N–H and O–H groups in total. The van der Waals surface area contributed by atoms with Gasteiger partial charge in [0.25, 0.3) is 0 Å². The molecule has 0 saturated carbocycles. The molecule has 0 aliphatic heterocycles. The van der Waals surface area contributed by atoms with E-state index < -0.39 is 0 Å². The van der Waals surface area contributed by atoms with Crippen molar-refractivity contribution in [3.05, 3.63) is 71.4 Å². The van der Waals surface area contributed by atoms with Gasteiger partial charge in [0.05, 0.1) is 0 Å². The lowest BCUT2D eigenvalue weighted by atomic mass is 9.90. The van der Waals surface area contributed by atoms with Crippen LogP contribution in [0.3, 0.4) is 0 Å². The molecule has 0 aromatic heterocycles. The highest BCUT2D eigenvalue weighted by Gasteiger charge is 2.08. The molecule has 0 aromatic rings. The van der Waals surface area contributed by atoms with Crippen molar-refractivity contribution in [2.45, 2.75) is 34.1 Å². The predicted molar refractivity (Wildman–Crippen MR) is 89.4 cm³/mol. The van der Waals surface area contributed by atoms with Gasteiger partial charge in [-0.3, -0.25) is 0 Å². The van der Waals surface area contributed by atoms with Gasteiger partial charge in [0.1, 0.15) is 0 Å². The second-order valence-corrected chi connectivity index (χ2v) is 4.85. The van der Waals surface area contributed by atoms with Gasteiger partial charge in [-0.15, -0.1) is 0 Å². The molecule has 0 amide bonds. The van der Waals surface area contributed by atoms with E-state index in [1.54, 1.807) is 0 Å². The van der Waals surface area contributed by atoms with E-state index in [0.717, 1.165) is 6.42 Å². The first-order valence-electron chi connectivity index (χ1n) is 6.75. The van der Waals surface area contributed by atoms with Crippen LogP contribution in [0.15, 0.2) is 71.4 Å². The average molecular weight is 277 g/mol. The molecule has 0 bridgehead atoms. The Morgan fingerprint density at radius 1 is 1.16 bits per heavy atom. The second-order valence-electron chi connectivity index (χ2n) is 4.37. The SMILES string of the molecule is C=C(Cl)\C=C/C=C(C(/C=C\C=C\C)=C/C)\C(C)CC. The zero-order valence-corrected chi connectivity index (χ0v) is 13.2. The zero-order valence-electron chi connectivity index (χ0n) is 12.5. The van der Waals surface area contributed by atoms with Crippen molar-refractivity contribution in [3.8, 4) is 0 Å². The van der Waals surface area contributed by atoms with Gasteiger partial charge in [-0.2, -0.15) is 0 Å². The molecule has 104 valence electrons. The second kappa shape index (κ2) is 10.6. The Bertz CT molecular complexity index is 417. The summed E-state index contributed by atoms with van der Waals surface area (Å²) in [5.41, 5.74) is 2.57. The summed E-state index contributed by atoms with van der Waals surface area (Å²) in [5.74, 6) is 0.509. The third-order valence-corrected chi connectivity index (χ3v) is 3.05. The fourth-order valence-corrected chi connectivity index (χ4v) is 1.72. The van der Waals surface area contributed by atoms with Crippen molar-refractivity contribution >= 4 is 11.6 Å². The molecule has 0 aliphatic carbocycles. The summed E-state index contributed by atoms with van der Waals surface area (Å²) in [4.78, 5) is 0. The van der Waals surface area contributed by atoms with E-state index in [0.29, 0.717) is 11.0 Å². The molecule has 1 atom stereocenters. The first kappa shape index (κ1) is 17.7. The lowest BCUT2D eigenvalue weighted by Crippen LogP contribution is -1.99. The van der Waals surface area contributed by atoms with Crippen LogP contribution in [0.5, 0.6) is 0 Å². The lowest BCUT2D eigenvalue weighted by molar-refractivity contribution is 0.665. The van der Waals surface area contributed by atoms with Gasteiger partial charge in [0.15, 0.2) is 0 Å². The molecule has 19 heavy (non-hydrogen) atoms. The first-order chi connectivity index (χ1) is 9.06. The van der Waals surface area contributed by atoms with Crippen molar-refractivity contribution in [3.63, 3.8) is 0 Å². The van der Waals surface area contributed by atoms with E-state index in [1.807, 2.05) is 31.2 Å². The minimum absolute atomic E-state index is 0.509. The Morgan fingerprint density at radius 2 is 1.84 bits per heavy atom. The highest BCUT2D eigenvalue weighted by Crippen LogP contribution is 2.24. The lowest BCUT2D eigenvalue weighted by Gasteiger charge is -2.15. The van der Waals surface area contributed by atoms with E-state index in [4.69, 9.17) is 11.6 Å². The smallest absolute Gasteiger partial charge is 0.0334 e. The summed E-state index contributed by atoms with van der Waals surface area (Å²) < 4.78 is 0. The minimum Gasteiger partial charge on any atom is -0.0877 e. The summed E-state index contributed by atoms with van der Waals surface area (Å²) in [6, 6.07) is 0. The molecule has 0 fully saturated rings. The van der Waals surface area contributed by atoms with E-state index >= 15 is 0 Å². The minimum atomic E-state index is 0.509. The van der Waals surface area contributed by atoms with Gasteiger partial charge in [-0.25, -0.2) is 0 Å². The van der Waals surface area contributed by atoms with Crippen molar-refractivity contribution in [1.82, 2.24) is 0 Å². The maximum absolute atomic E-state index is 5.74. The van der Waals surface area contributed by atoms with Gasteiger partial charge < -0.3 is 0 Å². The molecular formula is C18H25Cl. The maximum Gasteiger partial charge on any atom is 0.0334 e. The topological polar surface area (TPSA) is 0 Å². The van der Waals surface area contributed by atoms with Crippen LogP contribution in [0.25, 0.3) is 0 Å². The molecule has 0 aliphatic rings. The van der Waals surface area contributed by atoms with Gasteiger partial charge in [0.2, 0.25) is 0 Å². The van der Waals surface area contributed by atoms with Crippen molar-refractivity contribution in [1.29, 1.82) is 0 Å². The van der Waals surface area contributed by atoms with Crippen LogP contribution in [0, 0.1) is 5.92 Å². The van der Waals surface area contributed by atoms with Crippen LogP contribution >= 0.6 is 11.6 Å². The van der Waals surface area contributed by atoms with Crippen molar-refractivity contribution in [2.24, 2.45) is 5.92 Å². The van der Waals surface area contributed by atoms with Gasteiger partial charge in [-0.1, -0.05) is 74.6 Å². The van der Waals surface area contributed by atoms with E-state index in [2.05, 4.69) is 51.7 Å². The summed E-state index contributed by atoms with van der Waals surface area (Å²) in [6.45, 7) is 12.2. The van der Waals surface area contributed by atoms with Crippen molar-refractivity contribution < 1.29 is 0 Å². The van der Waals surface area contributed by atoms with E-state index in [-0.39, 0.29) is 0 Å². The maximum atomic E-state index is 5.74. The van der Waals surface area contributed by atoms with Crippen LogP contribution in [0.2, 0.25) is 0 Å². The fourth-order valence-electron chi connectivity index (χ4n) is 1.65. The highest BCUT2D eigenvalue weighted by atomic mass is 35.5. The molecule has 0 rings (SSSR count). The molecule has 0 heterocycles. The Kier molecular flexibility index (Phi) is 9.92. The normalized spacial score (nSPS) is 15.8. The Labute approximate surface area is 123 Å². The Morgan fingerprint density at radius 3 is 2.32 bits per heavy atom. The summed E-state index contributed by atoms with van der Waals surface area (Å²) >= 11 is 5.74. The monoisotopic (exact) mass is 276 g/mol. The average Bonchev–Trinajstić information content (AvgIpc) is 2.39. The number of allylic oxidation sites excluding steroid dienone is 11. The van der Waals surface area contributed by atoms with E-state index in [1.165, 1.54) is 11.1 Å². The molecule has 1 heteroatoms. The molecule has 1 unspecified atom stereocenters. The van der Waals surface area contributed by atoms with Crippen LogP contribution in [-0.4, -0.2) is 0 Å². The molecule has 0 nitrogen and oxygen atoms in total. The zero-order chi connectivity index (χ0) is 14.7. The van der Waals surface area contributed by atoms with Gasteiger partial charge in [0, 0.05) is 5.03 Å². The van der Waals surface area contributed by atoms with Crippen LogP contribution in [0.1, 0.15) is 34.1 Å². The van der Waals surface area contributed by atoms with E-state index in [9.17, 15) is 0 Å². The summed E-state index contributed by atoms with van der Waals surface area (Å²) in [7, 11) is 0. The fraction of sp³-hybridized carbons (Fsp3) is 0.333. The third kappa shape index (κ3) is 7.69. The molecular weight excluding hydrogens is 252 g/mol. The molecule has 0 saturated heterocycles. The molecule has 0 spiro atoms. The van der Waals surface area contributed by atoms with Gasteiger partial charge in [-0.05, 0) is 43.4 Å². The number of halogens is 1. The third-order valence-electron chi connectivity index (χ3n) is 2.92. The van der Waals surface area contributed by atoms with Gasteiger partial charge >= 0.3 is 0 Å². The van der Waals surface area contributed by atoms with Crippen molar-refractivity contribution in [2.75, 3.05) is 0 Å². The predicted octanol–water partition coefficient (Wildman–Crippen LogP) is 6.35. The number of hydrogen-bond donors (Lipinski definition) is 0. The Balaban J connectivity index is 5.27. The molecule has 0 aromatic carbocycles. The highest BCUT2D eigenvalue weighted by molar-refractivity contribution is 6.30. The van der Waals surface area contributed by atoms with Crippen LogP contribution in [0.4, 0.5) is 0 Å².